The van der Waals surface area contributed by atoms with Crippen LogP contribution in [0, 0.1) is 0 Å². The second-order valence-electron chi connectivity index (χ2n) is 8.79. The van der Waals surface area contributed by atoms with E-state index in [4.69, 9.17) is 4.74 Å². The summed E-state index contributed by atoms with van der Waals surface area (Å²) >= 11 is 0. The van der Waals surface area contributed by atoms with Crippen LogP contribution in [0.3, 0.4) is 0 Å². The van der Waals surface area contributed by atoms with Crippen LogP contribution in [0.25, 0.3) is 0 Å². The molecule has 0 aromatic rings. The number of hydrogen-bond acceptors (Lipinski definition) is 4. The van der Waals surface area contributed by atoms with Crippen molar-refractivity contribution in [3.8, 4) is 0 Å². The number of rotatable bonds is 8. The summed E-state index contributed by atoms with van der Waals surface area (Å²) in [6.07, 6.45) is -0.420. The molecule has 0 saturated heterocycles. The molecular weight excluding hydrogens is 330 g/mol. The van der Waals surface area contributed by atoms with Gasteiger partial charge in [0, 0.05) is 38.8 Å². The van der Waals surface area contributed by atoms with E-state index in [2.05, 4.69) is 53.5 Å². The number of nitrogens with one attached hydrogen (secondary N) is 3. The van der Waals surface area contributed by atoms with E-state index in [0.29, 0.717) is 18.6 Å². The highest BCUT2D eigenvalue weighted by molar-refractivity contribution is 5.79. The molecule has 0 aliphatic carbocycles. The van der Waals surface area contributed by atoms with Gasteiger partial charge in [0.15, 0.2) is 5.96 Å². The van der Waals surface area contributed by atoms with Gasteiger partial charge in [0.05, 0.1) is 5.54 Å². The van der Waals surface area contributed by atoms with Crippen LogP contribution in [0.5, 0.6) is 0 Å². The molecule has 3 N–H and O–H groups in total. The van der Waals surface area contributed by atoms with E-state index >= 15 is 0 Å². The maximum Gasteiger partial charge on any atom is 0.408 e. The first kappa shape index (κ1) is 24.5. The van der Waals surface area contributed by atoms with Crippen molar-refractivity contribution in [2.24, 2.45) is 4.99 Å². The Labute approximate surface area is 160 Å². The second-order valence-corrected chi connectivity index (χ2v) is 8.79. The van der Waals surface area contributed by atoms with E-state index in [1.807, 2.05) is 34.6 Å². The molecule has 0 atom stereocenters. The van der Waals surface area contributed by atoms with Gasteiger partial charge in [-0.25, -0.2) is 4.79 Å². The quantitative estimate of drug-likeness (QED) is 0.451. The Bertz CT molecular complexity index is 445. The van der Waals surface area contributed by atoms with Gasteiger partial charge in [-0.3, -0.25) is 9.89 Å². The van der Waals surface area contributed by atoms with Crippen LogP contribution < -0.4 is 16.0 Å². The van der Waals surface area contributed by atoms with Crippen LogP contribution in [-0.2, 0) is 4.74 Å². The van der Waals surface area contributed by atoms with Crippen LogP contribution in [0.1, 0.15) is 62.3 Å². The molecule has 26 heavy (non-hydrogen) atoms. The zero-order valence-electron chi connectivity index (χ0n) is 18.5. The van der Waals surface area contributed by atoms with E-state index < -0.39 is 17.2 Å². The first-order valence-electron chi connectivity index (χ1n) is 9.49. The Balaban J connectivity index is 4.41. The van der Waals surface area contributed by atoms with Gasteiger partial charge in [-0.2, -0.15) is 0 Å². The van der Waals surface area contributed by atoms with E-state index in [1.54, 1.807) is 7.05 Å². The molecule has 0 aliphatic rings. The van der Waals surface area contributed by atoms with Crippen molar-refractivity contribution in [3.05, 3.63) is 0 Å². The molecule has 0 rings (SSSR count). The molecule has 0 heterocycles. The second kappa shape index (κ2) is 10.6. The Morgan fingerprint density at radius 1 is 1.04 bits per heavy atom. The third-order valence-corrected chi connectivity index (χ3v) is 3.75. The van der Waals surface area contributed by atoms with Crippen LogP contribution in [0.4, 0.5) is 4.79 Å². The highest BCUT2D eigenvalue weighted by Crippen LogP contribution is 2.09. The van der Waals surface area contributed by atoms with Crippen molar-refractivity contribution >= 4 is 12.1 Å². The number of carbonyl (C=O) groups excluding carboxylic acids is 1. The normalized spacial score (nSPS) is 13.3. The van der Waals surface area contributed by atoms with Crippen molar-refractivity contribution in [1.82, 2.24) is 20.9 Å². The minimum atomic E-state index is -0.510. The summed E-state index contributed by atoms with van der Waals surface area (Å²) in [5.74, 6) is 0.719. The fourth-order valence-corrected chi connectivity index (χ4v) is 2.57. The fraction of sp³-hybridized carbons (Fsp3) is 0.895. The molecule has 0 saturated carbocycles. The Hall–Kier alpha value is -1.50. The van der Waals surface area contributed by atoms with Crippen LogP contribution in [0.15, 0.2) is 4.99 Å². The van der Waals surface area contributed by atoms with Gasteiger partial charge in [0.25, 0.3) is 0 Å². The summed E-state index contributed by atoms with van der Waals surface area (Å²) < 4.78 is 5.31. The predicted octanol–water partition coefficient (Wildman–Crippen LogP) is 2.57. The van der Waals surface area contributed by atoms with Gasteiger partial charge in [-0.1, -0.05) is 0 Å². The molecular formula is C19H41N5O2. The van der Waals surface area contributed by atoms with Gasteiger partial charge in [-0.15, -0.1) is 0 Å². The number of aliphatic imine (C=N–C) groups is 1. The predicted molar refractivity (Wildman–Crippen MR) is 110 cm³/mol. The molecule has 7 heteroatoms. The molecule has 0 aromatic heterocycles. The maximum absolute atomic E-state index is 12.0. The Kier molecular flexibility index (Phi) is 9.99. The molecule has 0 aromatic carbocycles. The topological polar surface area (TPSA) is 78.0 Å². The van der Waals surface area contributed by atoms with Gasteiger partial charge in [0.2, 0.25) is 0 Å². The minimum Gasteiger partial charge on any atom is -0.444 e. The lowest BCUT2D eigenvalue weighted by atomic mass is 10.1. The number of nitrogens with zero attached hydrogens (tertiary/aromatic N) is 2. The highest BCUT2D eigenvalue weighted by Gasteiger charge is 2.24. The summed E-state index contributed by atoms with van der Waals surface area (Å²) in [5, 5.41) is 9.47. The summed E-state index contributed by atoms with van der Waals surface area (Å²) in [6.45, 7) is 20.5. The van der Waals surface area contributed by atoms with Crippen LogP contribution in [-0.4, -0.2) is 66.9 Å². The monoisotopic (exact) mass is 371 g/mol. The number of ether oxygens (including phenoxy) is 1. The molecule has 0 fully saturated rings. The standard InChI is InChI=1S/C19H41N5O2/c1-14(2)24(15(3)4)12-11-21-16(20-10)22-13-19(8,9)23-17(25)26-18(5,6)7/h14-15H,11-13H2,1-10H3,(H,23,25)(H2,20,21,22). The molecule has 0 aliphatic heterocycles. The van der Waals surface area contributed by atoms with Crippen molar-refractivity contribution in [2.75, 3.05) is 26.7 Å². The Morgan fingerprint density at radius 2 is 1.58 bits per heavy atom. The van der Waals surface area contributed by atoms with Crippen molar-refractivity contribution < 1.29 is 9.53 Å². The highest BCUT2D eigenvalue weighted by atomic mass is 16.6. The third-order valence-electron chi connectivity index (χ3n) is 3.75. The summed E-state index contributed by atoms with van der Waals surface area (Å²) in [6, 6.07) is 1.01. The summed E-state index contributed by atoms with van der Waals surface area (Å²) in [4.78, 5) is 18.6. The molecule has 0 radical (unpaired) electrons. The number of carbonyl (C=O) groups is 1. The SMILES string of the molecule is CN=C(NCCN(C(C)C)C(C)C)NCC(C)(C)NC(=O)OC(C)(C)C. The van der Waals surface area contributed by atoms with Gasteiger partial charge in [0.1, 0.15) is 5.60 Å². The van der Waals surface area contributed by atoms with E-state index in [9.17, 15) is 4.79 Å². The zero-order chi connectivity index (χ0) is 20.5. The van der Waals surface area contributed by atoms with Crippen LogP contribution in [0.2, 0.25) is 0 Å². The lowest BCUT2D eigenvalue weighted by molar-refractivity contribution is 0.0474. The van der Waals surface area contributed by atoms with Gasteiger partial charge >= 0.3 is 6.09 Å². The number of hydrogen-bond donors (Lipinski definition) is 3. The lowest BCUT2D eigenvalue weighted by Crippen LogP contribution is -2.54. The minimum absolute atomic E-state index is 0.420. The average molecular weight is 372 g/mol. The summed E-state index contributed by atoms with van der Waals surface area (Å²) in [5.41, 5.74) is -0.980. The molecule has 154 valence electrons. The molecule has 7 nitrogen and oxygen atoms in total. The van der Waals surface area contributed by atoms with Crippen molar-refractivity contribution in [1.29, 1.82) is 0 Å². The largest absolute Gasteiger partial charge is 0.444 e. The Morgan fingerprint density at radius 3 is 2.00 bits per heavy atom. The zero-order valence-corrected chi connectivity index (χ0v) is 18.5. The van der Waals surface area contributed by atoms with Gasteiger partial charge in [-0.05, 0) is 62.3 Å². The van der Waals surface area contributed by atoms with Crippen molar-refractivity contribution in [3.63, 3.8) is 0 Å². The number of amides is 1. The van der Waals surface area contributed by atoms with Crippen molar-refractivity contribution in [2.45, 2.75) is 85.5 Å². The summed E-state index contributed by atoms with van der Waals surface area (Å²) in [7, 11) is 1.74. The average Bonchev–Trinajstić information content (AvgIpc) is 2.42. The lowest BCUT2D eigenvalue weighted by Gasteiger charge is -2.31. The third kappa shape index (κ3) is 11.2. The molecule has 1 amide bonds. The number of alkyl carbamates (subject to hydrolysis) is 1. The fourth-order valence-electron chi connectivity index (χ4n) is 2.57. The van der Waals surface area contributed by atoms with E-state index in [-0.39, 0.29) is 0 Å². The first-order chi connectivity index (χ1) is 11.8. The number of guanidine groups is 1. The smallest absolute Gasteiger partial charge is 0.408 e. The first-order valence-corrected chi connectivity index (χ1v) is 9.49. The van der Waals surface area contributed by atoms with Crippen LogP contribution >= 0.6 is 0 Å². The molecule has 0 bridgehead atoms. The maximum atomic E-state index is 12.0. The van der Waals surface area contributed by atoms with E-state index in [0.717, 1.165) is 19.0 Å². The van der Waals surface area contributed by atoms with Gasteiger partial charge < -0.3 is 20.7 Å². The van der Waals surface area contributed by atoms with E-state index in [1.165, 1.54) is 0 Å². The molecule has 0 spiro atoms. The molecule has 0 unspecified atom stereocenters.